The van der Waals surface area contributed by atoms with Crippen LogP contribution in [0.5, 0.6) is 0 Å². The molecule has 2 aromatic carbocycles. The molecule has 2 amide bonds. The number of hydrogen-bond acceptors (Lipinski definition) is 6. The number of pyridine rings is 2. The molecule has 3 N–H and O–H groups in total. The molecule has 1 aliphatic heterocycles. The minimum Gasteiger partial charge on any atom is -0.435 e. The van der Waals surface area contributed by atoms with E-state index in [-0.39, 0.29) is 17.8 Å². The van der Waals surface area contributed by atoms with Gasteiger partial charge in [0.25, 0.3) is 0 Å². The Morgan fingerprint density at radius 3 is 2.24 bits per heavy atom. The molecule has 42 heavy (non-hydrogen) atoms. The van der Waals surface area contributed by atoms with Gasteiger partial charge in [-0.15, -0.1) is 0 Å². The molecule has 3 heterocycles. The average Bonchev–Trinajstić information content (AvgIpc) is 3.02. The van der Waals surface area contributed by atoms with E-state index in [2.05, 4.69) is 9.97 Å². The molecule has 0 spiro atoms. The van der Waals surface area contributed by atoms with E-state index in [1.54, 1.807) is 29.3 Å². The number of carbonyl (C=O) groups is 2. The van der Waals surface area contributed by atoms with E-state index < -0.39 is 23.7 Å². The number of aliphatic hydroxyl groups excluding tert-OH is 1. The highest BCUT2D eigenvalue weighted by Gasteiger charge is 2.49. The summed E-state index contributed by atoms with van der Waals surface area (Å²) < 4.78 is 19.2. The molecule has 8 nitrogen and oxygen atoms in total. The van der Waals surface area contributed by atoms with E-state index in [1.807, 2.05) is 75.4 Å². The Hall–Kier alpha value is -4.63. The Morgan fingerprint density at radius 1 is 1.00 bits per heavy atom. The maximum absolute atomic E-state index is 13.2. The van der Waals surface area contributed by atoms with E-state index in [0.717, 1.165) is 16.7 Å². The number of cyclic esters (lactones) is 1. The van der Waals surface area contributed by atoms with Gasteiger partial charge in [-0.3, -0.25) is 14.8 Å². The molecule has 9 heteroatoms. The lowest BCUT2D eigenvalue weighted by Crippen LogP contribution is -2.55. The molecular weight excluding hydrogens is 535 g/mol. The summed E-state index contributed by atoms with van der Waals surface area (Å²) in [6.07, 6.45) is 3.45. The number of carbonyl (C=O) groups excluding carboxylic acids is 2. The molecule has 2 aromatic heterocycles. The van der Waals surface area contributed by atoms with E-state index >= 15 is 0 Å². The zero-order valence-electron chi connectivity index (χ0n) is 23.9. The molecule has 1 fully saturated rings. The summed E-state index contributed by atoms with van der Waals surface area (Å²) in [5, 5.41) is 11.0. The van der Waals surface area contributed by atoms with Gasteiger partial charge >= 0.3 is 6.09 Å². The zero-order valence-corrected chi connectivity index (χ0v) is 23.9. The number of primary amides is 1. The Kier molecular flexibility index (Phi) is 9.64. The van der Waals surface area contributed by atoms with Crippen LogP contribution in [0.25, 0.3) is 11.3 Å². The Morgan fingerprint density at radius 2 is 1.71 bits per heavy atom. The van der Waals surface area contributed by atoms with Crippen LogP contribution in [-0.4, -0.2) is 44.6 Å². The lowest BCUT2D eigenvalue weighted by molar-refractivity contribution is -0.141. The van der Waals surface area contributed by atoms with Crippen LogP contribution in [0.2, 0.25) is 0 Å². The van der Waals surface area contributed by atoms with E-state index in [0.29, 0.717) is 24.2 Å². The van der Waals surface area contributed by atoms with Gasteiger partial charge in [0.2, 0.25) is 5.91 Å². The molecule has 218 valence electrons. The predicted molar refractivity (Wildman–Crippen MR) is 158 cm³/mol. The zero-order chi connectivity index (χ0) is 30.3. The van der Waals surface area contributed by atoms with Crippen molar-refractivity contribution in [3.63, 3.8) is 0 Å². The highest BCUT2D eigenvalue weighted by molar-refractivity contribution is 5.92. The summed E-state index contributed by atoms with van der Waals surface area (Å²) in [6, 6.07) is 23.3. The third-order valence-corrected chi connectivity index (χ3v) is 7.43. The van der Waals surface area contributed by atoms with Gasteiger partial charge in [0.05, 0.1) is 23.5 Å². The number of aliphatic hydroxyl groups is 1. The first kappa shape index (κ1) is 30.3. The van der Waals surface area contributed by atoms with Crippen molar-refractivity contribution in [3.8, 4) is 11.3 Å². The Labute approximate surface area is 245 Å². The summed E-state index contributed by atoms with van der Waals surface area (Å²) >= 11 is 0. The van der Waals surface area contributed by atoms with Crippen molar-refractivity contribution in [1.82, 2.24) is 14.9 Å². The molecule has 0 aliphatic carbocycles. The monoisotopic (exact) mass is 570 g/mol. The molecule has 1 saturated heterocycles. The van der Waals surface area contributed by atoms with Crippen LogP contribution in [0.4, 0.5) is 9.18 Å². The summed E-state index contributed by atoms with van der Waals surface area (Å²) in [6.45, 7) is 6.27. The summed E-state index contributed by atoms with van der Waals surface area (Å²) in [5.41, 5.74) is 7.62. The first-order chi connectivity index (χ1) is 20.1. The van der Waals surface area contributed by atoms with E-state index in [4.69, 9.17) is 10.5 Å². The molecule has 3 atom stereocenters. The van der Waals surface area contributed by atoms with Gasteiger partial charge in [0.1, 0.15) is 11.9 Å². The van der Waals surface area contributed by atoms with Crippen LogP contribution < -0.4 is 5.73 Å². The number of nitrogens with zero attached hydrogens (tertiary/aromatic N) is 3. The SMILES string of the molecule is CC(C)C(O)[C@@]1(c2ccccc2)CCN([C@@H](C)c2ccc(-c3ccc(F)cn3)cc2)C(=O)O1.NC(=O)c1cccnc1. The highest BCUT2D eigenvalue weighted by Crippen LogP contribution is 2.41. The van der Waals surface area contributed by atoms with Gasteiger partial charge in [-0.2, -0.15) is 0 Å². The largest absolute Gasteiger partial charge is 0.435 e. The maximum Gasteiger partial charge on any atom is 0.411 e. The molecule has 1 unspecified atom stereocenters. The van der Waals surface area contributed by atoms with Gasteiger partial charge in [0, 0.05) is 30.9 Å². The molecule has 4 aromatic rings. The molecule has 0 radical (unpaired) electrons. The standard InChI is InChI=1S/C27H29FN2O3.C6H6N2O/c1-18(2)25(31)27(22-7-5-4-6-8-22)15-16-30(26(32)33-27)19(3)20-9-11-21(12-10-20)24-14-13-23(28)17-29-24;7-6(9)5-2-1-3-8-4-5/h4-14,17-19,25,31H,15-16H2,1-3H3;1-4H,(H2,7,9)/t19-,25?,27-;/m0./s1. The molecule has 0 bridgehead atoms. The number of hydrogen-bond donors (Lipinski definition) is 2. The van der Waals surface area contributed by atoms with Crippen molar-refractivity contribution in [2.24, 2.45) is 11.7 Å². The maximum atomic E-state index is 13.2. The Bertz CT molecular complexity index is 1470. The second-order valence-electron chi connectivity index (χ2n) is 10.5. The third kappa shape index (κ3) is 6.80. The van der Waals surface area contributed by atoms with Gasteiger partial charge in [0.15, 0.2) is 5.60 Å². The number of aromatic nitrogens is 2. The number of ether oxygens (including phenoxy) is 1. The predicted octanol–water partition coefficient (Wildman–Crippen LogP) is 5.88. The fraction of sp³-hybridized carbons (Fsp3) is 0.273. The average molecular weight is 571 g/mol. The summed E-state index contributed by atoms with van der Waals surface area (Å²) in [5.74, 6) is -0.889. The van der Waals surface area contributed by atoms with Gasteiger partial charge < -0.3 is 20.5 Å². The first-order valence-electron chi connectivity index (χ1n) is 13.8. The summed E-state index contributed by atoms with van der Waals surface area (Å²) in [4.78, 5) is 33.1. The summed E-state index contributed by atoms with van der Waals surface area (Å²) in [7, 11) is 0. The molecule has 5 rings (SSSR count). The third-order valence-electron chi connectivity index (χ3n) is 7.43. The van der Waals surface area contributed by atoms with Crippen LogP contribution in [0.3, 0.4) is 0 Å². The number of rotatable bonds is 7. The van der Waals surface area contributed by atoms with Gasteiger partial charge in [-0.05, 0) is 48.2 Å². The van der Waals surface area contributed by atoms with Crippen molar-refractivity contribution >= 4 is 12.0 Å². The van der Waals surface area contributed by atoms with Crippen molar-refractivity contribution < 1.29 is 23.8 Å². The Balaban J connectivity index is 0.000000385. The van der Waals surface area contributed by atoms with E-state index in [1.165, 1.54) is 18.5 Å². The highest BCUT2D eigenvalue weighted by atomic mass is 19.1. The van der Waals surface area contributed by atoms with Crippen LogP contribution >= 0.6 is 0 Å². The minimum absolute atomic E-state index is 0.0744. The number of amides is 2. The smallest absolute Gasteiger partial charge is 0.411 e. The molecule has 0 saturated carbocycles. The molecular formula is C33H35FN4O4. The van der Waals surface area contributed by atoms with Crippen molar-refractivity contribution in [1.29, 1.82) is 0 Å². The number of nitrogens with two attached hydrogens (primary N) is 1. The van der Waals surface area contributed by atoms with Crippen molar-refractivity contribution in [3.05, 3.63) is 120 Å². The van der Waals surface area contributed by atoms with Crippen LogP contribution in [-0.2, 0) is 10.3 Å². The second-order valence-corrected chi connectivity index (χ2v) is 10.5. The normalized spacial score (nSPS) is 18.0. The topological polar surface area (TPSA) is 119 Å². The first-order valence-corrected chi connectivity index (χ1v) is 13.8. The lowest BCUT2D eigenvalue weighted by Gasteiger charge is -2.46. The second kappa shape index (κ2) is 13.4. The van der Waals surface area contributed by atoms with Gasteiger partial charge in [-0.25, -0.2) is 9.18 Å². The van der Waals surface area contributed by atoms with E-state index in [9.17, 15) is 19.1 Å². The number of halogens is 1. The van der Waals surface area contributed by atoms with Gasteiger partial charge in [-0.1, -0.05) is 68.4 Å². The van der Waals surface area contributed by atoms with Crippen molar-refractivity contribution in [2.75, 3.05) is 6.54 Å². The quantitative estimate of drug-likeness (QED) is 0.286. The van der Waals surface area contributed by atoms with Crippen LogP contribution in [0.1, 0.15) is 54.7 Å². The lowest BCUT2D eigenvalue weighted by atomic mass is 9.79. The van der Waals surface area contributed by atoms with Crippen LogP contribution in [0.15, 0.2) is 97.5 Å². The fourth-order valence-corrected chi connectivity index (χ4v) is 5.00. The fourth-order valence-electron chi connectivity index (χ4n) is 5.00. The van der Waals surface area contributed by atoms with Crippen LogP contribution in [0, 0.1) is 11.7 Å². The molecule has 1 aliphatic rings. The van der Waals surface area contributed by atoms with Crippen molar-refractivity contribution in [2.45, 2.75) is 44.9 Å². The minimum atomic E-state index is -1.07. The number of benzene rings is 2.